The molecule has 1 aliphatic rings. The average molecular weight is 253 g/mol. The summed E-state index contributed by atoms with van der Waals surface area (Å²) in [5.74, 6) is 0. The zero-order valence-corrected chi connectivity index (χ0v) is 11.8. The van der Waals surface area contributed by atoms with Crippen LogP contribution in [-0.2, 0) is 0 Å². The van der Waals surface area contributed by atoms with Crippen LogP contribution >= 0.6 is 0 Å². The lowest BCUT2D eigenvalue weighted by atomic mass is 10.1. The summed E-state index contributed by atoms with van der Waals surface area (Å²) in [5, 5.41) is 0. The number of hydrogen-bond acceptors (Lipinski definition) is 0. The zero-order valence-electron chi connectivity index (χ0n) is 11.8. The highest BCUT2D eigenvalue weighted by atomic mass is 13.9. The summed E-state index contributed by atoms with van der Waals surface area (Å²) in [7, 11) is 0. The number of hydrogen-bond donors (Lipinski definition) is 0. The summed E-state index contributed by atoms with van der Waals surface area (Å²) < 4.78 is 0. The Morgan fingerprint density at radius 3 is 1.89 bits per heavy atom. The average Bonchev–Trinajstić information content (AvgIpc) is 2.43. The Hall–Kier alpha value is -1.56. The molecule has 0 nitrogen and oxygen atoms in total. The minimum Gasteiger partial charge on any atom is -0.0845 e. The fourth-order valence-electron chi connectivity index (χ4n) is 1.85. The molecule has 1 rings (SSSR count). The van der Waals surface area contributed by atoms with E-state index in [2.05, 4.69) is 30.4 Å². The van der Waals surface area contributed by atoms with Crippen LogP contribution in [0.15, 0.2) is 66.8 Å². The molecule has 0 N–H and O–H groups in total. The first-order valence-electron chi connectivity index (χ1n) is 7.38. The van der Waals surface area contributed by atoms with Crippen molar-refractivity contribution in [2.75, 3.05) is 0 Å². The lowest BCUT2D eigenvalue weighted by Gasteiger charge is -1.97. The van der Waals surface area contributed by atoms with Crippen LogP contribution in [0.4, 0.5) is 0 Å². The molecule has 1 aliphatic carbocycles. The van der Waals surface area contributed by atoms with E-state index < -0.39 is 0 Å². The Bertz CT molecular complexity index is 325. The normalized spacial score (nSPS) is 29.1. The molecule has 0 aliphatic heterocycles. The maximum atomic E-state index is 3.31. The molecule has 1 radical (unpaired) electrons. The first-order chi connectivity index (χ1) is 9.50. The van der Waals surface area contributed by atoms with Gasteiger partial charge in [-0.2, -0.15) is 0 Å². The molecule has 0 bridgehead atoms. The van der Waals surface area contributed by atoms with Crippen LogP contribution < -0.4 is 0 Å². The Morgan fingerprint density at radius 2 is 1.11 bits per heavy atom. The lowest BCUT2D eigenvalue weighted by Crippen LogP contribution is -1.78. The van der Waals surface area contributed by atoms with Crippen molar-refractivity contribution in [3.05, 3.63) is 72.9 Å². The van der Waals surface area contributed by atoms with Gasteiger partial charge in [0.1, 0.15) is 0 Å². The third-order valence-corrected chi connectivity index (χ3v) is 2.93. The highest BCUT2D eigenvalue weighted by molar-refractivity contribution is 5.19. The third-order valence-electron chi connectivity index (χ3n) is 2.93. The smallest absolute Gasteiger partial charge is 0.0276 e. The summed E-state index contributed by atoms with van der Waals surface area (Å²) >= 11 is 0. The predicted molar refractivity (Wildman–Crippen MR) is 85.8 cm³/mol. The van der Waals surface area contributed by atoms with Gasteiger partial charge < -0.3 is 0 Å². The highest BCUT2D eigenvalue weighted by Gasteiger charge is 1.88. The molecule has 0 atom stereocenters. The SMILES string of the molecule is [C]1=C/C=C\C=C/C=C\C=C/C=C\CCCCCCC\1. The molecule has 0 spiro atoms. The van der Waals surface area contributed by atoms with Crippen molar-refractivity contribution < 1.29 is 0 Å². The third kappa shape index (κ3) is 11.3. The van der Waals surface area contributed by atoms with Gasteiger partial charge in [-0.15, -0.1) is 0 Å². The van der Waals surface area contributed by atoms with Crippen LogP contribution in [0.3, 0.4) is 0 Å². The fraction of sp³-hybridized carbons (Fsp3) is 0.368. The van der Waals surface area contributed by atoms with E-state index >= 15 is 0 Å². The molecular weight excluding hydrogens is 228 g/mol. The summed E-state index contributed by atoms with van der Waals surface area (Å²) in [6.07, 6.45) is 35.0. The highest BCUT2D eigenvalue weighted by Crippen LogP contribution is 2.07. The van der Waals surface area contributed by atoms with Crippen molar-refractivity contribution in [2.45, 2.75) is 44.9 Å². The summed E-state index contributed by atoms with van der Waals surface area (Å²) in [6, 6.07) is 0. The van der Waals surface area contributed by atoms with Crippen LogP contribution in [0.5, 0.6) is 0 Å². The maximum Gasteiger partial charge on any atom is -0.0276 e. The molecule has 0 fully saturated rings. The van der Waals surface area contributed by atoms with Crippen molar-refractivity contribution >= 4 is 0 Å². The van der Waals surface area contributed by atoms with E-state index in [0.29, 0.717) is 0 Å². The van der Waals surface area contributed by atoms with E-state index in [1.165, 1.54) is 38.5 Å². The van der Waals surface area contributed by atoms with Crippen LogP contribution in [-0.4, -0.2) is 0 Å². The lowest BCUT2D eigenvalue weighted by molar-refractivity contribution is 0.619. The Morgan fingerprint density at radius 1 is 0.526 bits per heavy atom. The van der Waals surface area contributed by atoms with Gasteiger partial charge in [-0.25, -0.2) is 0 Å². The summed E-state index contributed by atoms with van der Waals surface area (Å²) in [4.78, 5) is 0. The van der Waals surface area contributed by atoms with Crippen molar-refractivity contribution in [3.8, 4) is 0 Å². The molecule has 0 saturated carbocycles. The summed E-state index contributed by atoms with van der Waals surface area (Å²) in [5.41, 5.74) is 0. The first-order valence-corrected chi connectivity index (χ1v) is 7.38. The summed E-state index contributed by atoms with van der Waals surface area (Å²) in [6.45, 7) is 0. The van der Waals surface area contributed by atoms with E-state index in [1.807, 2.05) is 42.5 Å². The maximum absolute atomic E-state index is 3.31. The van der Waals surface area contributed by atoms with E-state index in [1.54, 1.807) is 0 Å². The Labute approximate surface area is 118 Å². The minimum absolute atomic E-state index is 1.08. The van der Waals surface area contributed by atoms with Crippen molar-refractivity contribution in [1.29, 1.82) is 0 Å². The van der Waals surface area contributed by atoms with Crippen LogP contribution in [0.2, 0.25) is 0 Å². The molecule has 0 amide bonds. The van der Waals surface area contributed by atoms with Crippen LogP contribution in [0, 0.1) is 6.08 Å². The van der Waals surface area contributed by atoms with Crippen molar-refractivity contribution in [2.24, 2.45) is 0 Å². The molecule has 0 aromatic rings. The van der Waals surface area contributed by atoms with Crippen molar-refractivity contribution in [1.82, 2.24) is 0 Å². The molecule has 101 valence electrons. The molecule has 0 heterocycles. The standard InChI is InChI=1S/C19H25/c1-2-4-6-8-10-12-14-16-18-19-17-15-13-11-9-7-5-3-1/h1-11H,12,14-19H2/b2-1-,5-3-,6-4-,9-7-,10-8-,13-11?. The topological polar surface area (TPSA) is 0 Å². The Kier molecular flexibility index (Phi) is 10.5. The second-order valence-electron chi connectivity index (χ2n) is 4.64. The quantitative estimate of drug-likeness (QED) is 0.506. The van der Waals surface area contributed by atoms with Gasteiger partial charge in [-0.05, 0) is 31.8 Å². The van der Waals surface area contributed by atoms with E-state index in [-0.39, 0.29) is 0 Å². The second kappa shape index (κ2) is 12.9. The van der Waals surface area contributed by atoms with Gasteiger partial charge in [0.05, 0.1) is 0 Å². The van der Waals surface area contributed by atoms with Crippen molar-refractivity contribution in [3.63, 3.8) is 0 Å². The van der Waals surface area contributed by atoms with Crippen LogP contribution in [0.1, 0.15) is 44.9 Å². The zero-order chi connectivity index (χ0) is 13.4. The number of allylic oxidation sites excluding steroid dienone is 12. The predicted octanol–water partition coefficient (Wildman–Crippen LogP) is 5.87. The van der Waals surface area contributed by atoms with Gasteiger partial charge in [-0.1, -0.05) is 86.1 Å². The van der Waals surface area contributed by atoms with E-state index in [4.69, 9.17) is 0 Å². The first kappa shape index (κ1) is 15.5. The minimum atomic E-state index is 1.08. The molecule has 0 heteroatoms. The van der Waals surface area contributed by atoms with Gasteiger partial charge in [0.25, 0.3) is 0 Å². The van der Waals surface area contributed by atoms with Crippen LogP contribution in [0.25, 0.3) is 0 Å². The van der Waals surface area contributed by atoms with Gasteiger partial charge in [-0.3, -0.25) is 0 Å². The molecule has 0 aromatic heterocycles. The van der Waals surface area contributed by atoms with Gasteiger partial charge >= 0.3 is 0 Å². The van der Waals surface area contributed by atoms with Gasteiger partial charge in [0, 0.05) is 0 Å². The second-order valence-corrected chi connectivity index (χ2v) is 4.64. The molecule has 0 saturated heterocycles. The Balaban J connectivity index is 2.40. The van der Waals surface area contributed by atoms with E-state index in [9.17, 15) is 0 Å². The van der Waals surface area contributed by atoms with Gasteiger partial charge in [0.15, 0.2) is 0 Å². The molecule has 0 aromatic carbocycles. The molecular formula is C19H25. The number of rotatable bonds is 0. The largest absolute Gasteiger partial charge is 0.0845 e. The molecule has 0 unspecified atom stereocenters. The van der Waals surface area contributed by atoms with E-state index in [0.717, 1.165) is 6.42 Å². The fourth-order valence-corrected chi connectivity index (χ4v) is 1.85. The monoisotopic (exact) mass is 253 g/mol. The molecule has 19 heavy (non-hydrogen) atoms. The van der Waals surface area contributed by atoms with Gasteiger partial charge in [0.2, 0.25) is 0 Å².